The van der Waals surface area contributed by atoms with E-state index in [-0.39, 0.29) is 66.6 Å². The Morgan fingerprint density at radius 2 is 1.57 bits per heavy atom. The summed E-state index contributed by atoms with van der Waals surface area (Å²) in [6.45, 7) is 16.4. The van der Waals surface area contributed by atoms with Crippen molar-refractivity contribution >= 4 is 29.5 Å². The van der Waals surface area contributed by atoms with Gasteiger partial charge in [-0.1, -0.05) is 85.2 Å². The van der Waals surface area contributed by atoms with Crippen molar-refractivity contribution in [3.63, 3.8) is 0 Å². The number of rotatable bonds is 24. The van der Waals surface area contributed by atoms with Crippen LogP contribution in [0.25, 0.3) is 0 Å². The molecule has 0 aromatic heterocycles. The summed E-state index contributed by atoms with van der Waals surface area (Å²) in [6.07, 6.45) is 0.860. The number of aliphatic carboxylic acids is 1. The summed E-state index contributed by atoms with van der Waals surface area (Å²) in [5.41, 5.74) is 6.89. The number of carboxylic acids is 1. The highest BCUT2D eigenvalue weighted by molar-refractivity contribution is 5.90. The molecule has 1 heterocycles. The first-order chi connectivity index (χ1) is 26.3. The van der Waals surface area contributed by atoms with E-state index in [0.717, 1.165) is 12.0 Å². The van der Waals surface area contributed by atoms with E-state index in [9.17, 15) is 29.1 Å². The normalized spacial score (nSPS) is 19.5. The smallest absolute Gasteiger partial charge is 0.307 e. The number of nitrogens with one attached hydrogen (secondary N) is 1. The fourth-order valence-corrected chi connectivity index (χ4v) is 8.47. The largest absolute Gasteiger partial charge is 0.481 e. The number of carbonyl (C=O) groups is 5. The molecule has 1 aliphatic rings. The number of hydrogen-bond donors (Lipinski definition) is 3. The Morgan fingerprint density at radius 1 is 0.946 bits per heavy atom. The van der Waals surface area contributed by atoms with Gasteiger partial charge in [-0.05, 0) is 56.6 Å². The minimum absolute atomic E-state index is 0.00719. The molecule has 13 heteroatoms. The summed E-state index contributed by atoms with van der Waals surface area (Å²) in [4.78, 5) is 73.5. The molecule has 0 aliphatic carbocycles. The highest BCUT2D eigenvalue weighted by Gasteiger charge is 2.43. The Hall–Kier alpha value is -3.39. The highest BCUT2D eigenvalue weighted by Crippen LogP contribution is 2.31. The second-order valence-corrected chi connectivity index (χ2v) is 16.8. The third-order valence-electron chi connectivity index (χ3n) is 11.7. The molecule has 1 aromatic rings. The standard InChI is InChI=1S/C43H73N5O8/c1-13-28(6)39(47(10)42(52)37(26(2)3)45-41(51)38(27(4)5)46(9)25-29(7)44)35(55-11)24-36(50)48-21-17-20-33(48)40(56-12)30(8)34(49)23-32(43(53)54)22-31-18-15-14-16-19-31/h14-16,18-19,26-30,32-33,35,37-40H,13,17,20-25,44H2,1-12H3,(H,45,51)(H,53,54)/t28-,29-,30-,32+,33-,35+,37-,38-,39-,40+/m0/s1. The van der Waals surface area contributed by atoms with E-state index in [2.05, 4.69) is 5.32 Å². The fraction of sp³-hybridized carbons (Fsp3) is 0.744. The van der Waals surface area contributed by atoms with Gasteiger partial charge in [0, 0.05) is 52.7 Å². The monoisotopic (exact) mass is 788 g/mol. The molecule has 0 bridgehead atoms. The van der Waals surface area contributed by atoms with Crippen molar-refractivity contribution in [2.45, 2.75) is 136 Å². The first-order valence-electron chi connectivity index (χ1n) is 20.5. The summed E-state index contributed by atoms with van der Waals surface area (Å²) in [5, 5.41) is 13.0. The van der Waals surface area contributed by atoms with Gasteiger partial charge in [0.2, 0.25) is 17.7 Å². The number of likely N-dealkylation sites (N-methyl/N-ethyl adjacent to an activating group) is 2. The molecule has 0 unspecified atom stereocenters. The minimum Gasteiger partial charge on any atom is -0.481 e. The van der Waals surface area contributed by atoms with Crippen molar-refractivity contribution in [2.24, 2.45) is 35.3 Å². The van der Waals surface area contributed by atoms with Gasteiger partial charge in [-0.25, -0.2) is 0 Å². The van der Waals surface area contributed by atoms with Crippen LogP contribution in [-0.2, 0) is 39.9 Å². The lowest BCUT2D eigenvalue weighted by molar-refractivity contribution is -0.148. The van der Waals surface area contributed by atoms with Crippen LogP contribution in [0.1, 0.15) is 93.1 Å². The Kier molecular flexibility index (Phi) is 20.1. The number of ketones is 1. The molecule has 0 saturated carbocycles. The van der Waals surface area contributed by atoms with E-state index in [0.29, 0.717) is 25.9 Å². The number of benzene rings is 1. The lowest BCUT2D eigenvalue weighted by Crippen LogP contribution is -2.60. The van der Waals surface area contributed by atoms with E-state index in [1.54, 1.807) is 30.9 Å². The summed E-state index contributed by atoms with van der Waals surface area (Å²) < 4.78 is 11.9. The van der Waals surface area contributed by atoms with Crippen molar-refractivity contribution in [1.29, 1.82) is 0 Å². The van der Waals surface area contributed by atoms with E-state index in [4.69, 9.17) is 15.2 Å². The van der Waals surface area contributed by atoms with E-state index < -0.39 is 54.2 Å². The molecule has 1 saturated heterocycles. The summed E-state index contributed by atoms with van der Waals surface area (Å²) in [5.74, 6) is -3.75. The van der Waals surface area contributed by atoms with Crippen molar-refractivity contribution in [1.82, 2.24) is 20.0 Å². The zero-order valence-electron chi connectivity index (χ0n) is 36.2. The average molecular weight is 788 g/mol. The molecule has 1 aromatic carbocycles. The van der Waals surface area contributed by atoms with Crippen LogP contribution < -0.4 is 11.1 Å². The number of amides is 3. The number of likely N-dealkylation sites (tertiary alicyclic amines) is 1. The lowest BCUT2D eigenvalue weighted by Gasteiger charge is -2.41. The molecule has 0 radical (unpaired) electrons. The summed E-state index contributed by atoms with van der Waals surface area (Å²) in [6, 6.07) is 6.95. The van der Waals surface area contributed by atoms with Gasteiger partial charge in [0.15, 0.2) is 0 Å². The Bertz CT molecular complexity index is 1410. The summed E-state index contributed by atoms with van der Waals surface area (Å²) >= 11 is 0. The summed E-state index contributed by atoms with van der Waals surface area (Å²) in [7, 11) is 6.65. The Morgan fingerprint density at radius 3 is 2.07 bits per heavy atom. The van der Waals surface area contributed by atoms with Crippen LogP contribution in [0.5, 0.6) is 0 Å². The number of carbonyl (C=O) groups excluding carboxylic acids is 4. The first kappa shape index (κ1) is 48.8. The van der Waals surface area contributed by atoms with Crippen LogP contribution >= 0.6 is 0 Å². The Labute approximate surface area is 336 Å². The molecule has 318 valence electrons. The van der Waals surface area contributed by atoms with Gasteiger partial charge in [-0.15, -0.1) is 0 Å². The maximum Gasteiger partial charge on any atom is 0.307 e. The minimum atomic E-state index is -1.03. The lowest BCUT2D eigenvalue weighted by atomic mass is 9.85. The molecule has 13 nitrogen and oxygen atoms in total. The zero-order chi connectivity index (χ0) is 42.4. The first-order valence-corrected chi connectivity index (χ1v) is 20.5. The molecule has 1 fully saturated rings. The third-order valence-corrected chi connectivity index (χ3v) is 11.7. The third kappa shape index (κ3) is 13.3. The number of nitrogens with two attached hydrogens (primary N) is 1. The van der Waals surface area contributed by atoms with Gasteiger partial charge < -0.3 is 35.4 Å². The second kappa shape index (κ2) is 23.1. The van der Waals surface area contributed by atoms with Gasteiger partial charge in [-0.2, -0.15) is 0 Å². The van der Waals surface area contributed by atoms with Crippen LogP contribution in [0.4, 0.5) is 0 Å². The van der Waals surface area contributed by atoms with Crippen LogP contribution in [0.2, 0.25) is 0 Å². The van der Waals surface area contributed by atoms with Gasteiger partial charge >= 0.3 is 5.97 Å². The molecule has 56 heavy (non-hydrogen) atoms. The predicted molar refractivity (Wildman–Crippen MR) is 219 cm³/mol. The van der Waals surface area contributed by atoms with E-state index in [1.807, 2.05) is 90.7 Å². The topological polar surface area (TPSA) is 172 Å². The van der Waals surface area contributed by atoms with Crippen LogP contribution in [0.3, 0.4) is 0 Å². The number of ether oxygens (including phenoxy) is 2. The zero-order valence-corrected chi connectivity index (χ0v) is 36.2. The second-order valence-electron chi connectivity index (χ2n) is 16.8. The maximum atomic E-state index is 14.4. The molecule has 4 N–H and O–H groups in total. The number of methoxy groups -OCH3 is 2. The van der Waals surface area contributed by atoms with Gasteiger partial charge in [0.05, 0.1) is 42.7 Å². The number of nitrogens with zero attached hydrogens (tertiary/aromatic N) is 3. The van der Waals surface area contributed by atoms with Crippen LogP contribution in [0.15, 0.2) is 30.3 Å². The molecule has 2 rings (SSSR count). The van der Waals surface area contributed by atoms with Crippen molar-refractivity contribution < 1.29 is 38.6 Å². The molecule has 10 atom stereocenters. The number of Topliss-reactive ketones (excluding diaryl/α,β-unsaturated/α-hetero) is 1. The van der Waals surface area contributed by atoms with E-state index in [1.165, 1.54) is 7.11 Å². The number of hydrogen-bond acceptors (Lipinski definition) is 9. The molecular formula is C43H73N5O8. The average Bonchev–Trinajstić information content (AvgIpc) is 3.62. The molecular weight excluding hydrogens is 714 g/mol. The van der Waals surface area contributed by atoms with Crippen LogP contribution in [0, 0.1) is 29.6 Å². The fourth-order valence-electron chi connectivity index (χ4n) is 8.47. The predicted octanol–water partition coefficient (Wildman–Crippen LogP) is 4.25. The molecule has 1 aliphatic heterocycles. The van der Waals surface area contributed by atoms with Crippen molar-refractivity contribution in [2.75, 3.05) is 41.4 Å². The maximum absolute atomic E-state index is 14.4. The van der Waals surface area contributed by atoms with Gasteiger partial charge in [-0.3, -0.25) is 28.9 Å². The van der Waals surface area contributed by atoms with Crippen LogP contribution in [-0.4, -0.2) is 133 Å². The number of carboxylic acid groups (broad SMARTS) is 1. The van der Waals surface area contributed by atoms with Gasteiger partial charge in [0.1, 0.15) is 11.8 Å². The molecule has 3 amide bonds. The van der Waals surface area contributed by atoms with Crippen molar-refractivity contribution in [3.05, 3.63) is 35.9 Å². The SMILES string of the molecule is CC[C@H](C)[C@@H]([C@@H](CC(=O)N1CCC[C@H]1[C@H](OC)[C@@H](C)C(=O)C[C@@H](Cc1ccccc1)C(=O)O)OC)N(C)C(=O)[C@@H](NC(=O)[C@H](C(C)C)N(C)C[C@H](C)N)C(C)C. The highest BCUT2D eigenvalue weighted by atomic mass is 16.5. The van der Waals surface area contributed by atoms with Gasteiger partial charge in [0.25, 0.3) is 0 Å². The van der Waals surface area contributed by atoms with Crippen molar-refractivity contribution in [3.8, 4) is 0 Å². The Balaban J connectivity index is 2.28. The van der Waals surface area contributed by atoms with E-state index >= 15 is 0 Å². The molecule has 0 spiro atoms. The quantitative estimate of drug-likeness (QED) is 0.138.